The maximum atomic E-state index is 13.3. The molecule has 2 aliphatic heterocycles. The molecule has 0 spiro atoms. The zero-order valence-corrected chi connectivity index (χ0v) is 24.4. The third kappa shape index (κ3) is 5.33. The van der Waals surface area contributed by atoms with E-state index in [1.54, 1.807) is 29.1 Å². The van der Waals surface area contributed by atoms with Gasteiger partial charge in [-0.25, -0.2) is 19.7 Å². The summed E-state index contributed by atoms with van der Waals surface area (Å²) in [5.41, 5.74) is -0.195. The summed E-state index contributed by atoms with van der Waals surface area (Å²) in [5, 5.41) is 20.3. The van der Waals surface area contributed by atoms with Gasteiger partial charge in [0.1, 0.15) is 34.9 Å². The van der Waals surface area contributed by atoms with E-state index >= 15 is 0 Å². The number of hydrogen-bond donors (Lipinski definition) is 1. The summed E-state index contributed by atoms with van der Waals surface area (Å²) in [4.78, 5) is 45.3. The summed E-state index contributed by atoms with van der Waals surface area (Å²) in [6.07, 6.45) is 6.14. The monoisotopic (exact) mass is 600 g/mol. The van der Waals surface area contributed by atoms with Crippen LogP contribution in [0.15, 0.2) is 53.7 Å². The van der Waals surface area contributed by atoms with Crippen LogP contribution in [0.1, 0.15) is 28.8 Å². The maximum absolute atomic E-state index is 13.3. The third-order valence-electron chi connectivity index (χ3n) is 8.02. The molecule has 1 atom stereocenters. The number of aromatic carboxylic acids is 1. The Kier molecular flexibility index (Phi) is 7.60. The first-order valence-corrected chi connectivity index (χ1v) is 14.2. The standard InChI is InChI=1S/C30H29ClN8O4/c1-36(2)21-14-37(15-21)25-8-7-19(13-34-25)39-16-23(30(41)42)26(40)22-11-18(12-32)27(35-28(22)39)38-10-4-5-20(38)17-43-29-24(31)6-3-9-33-29/h3,6-9,11,13,16,20-21H,4-5,10,14-15,17H2,1-2H3,(H,41,42)/t20-/m1/s1. The first kappa shape index (κ1) is 28.4. The summed E-state index contributed by atoms with van der Waals surface area (Å²) < 4.78 is 7.47. The second-order valence-electron chi connectivity index (χ2n) is 10.9. The molecular weight excluding hydrogens is 572 g/mol. The lowest BCUT2D eigenvalue weighted by atomic mass is 10.1. The smallest absolute Gasteiger partial charge is 0.341 e. The van der Waals surface area contributed by atoms with Gasteiger partial charge < -0.3 is 24.5 Å². The molecular formula is C30H29ClN8O4. The van der Waals surface area contributed by atoms with Crippen LogP contribution in [0.3, 0.4) is 0 Å². The minimum atomic E-state index is -1.37. The number of aromatic nitrogens is 4. The highest BCUT2D eigenvalue weighted by Gasteiger charge is 2.31. The number of hydrogen-bond acceptors (Lipinski definition) is 10. The topological polar surface area (TPSA) is 141 Å². The molecule has 0 radical (unpaired) electrons. The predicted octanol–water partition coefficient (Wildman–Crippen LogP) is 3.20. The molecule has 4 aromatic heterocycles. The van der Waals surface area contributed by atoms with Gasteiger partial charge in [0, 0.05) is 38.1 Å². The van der Waals surface area contributed by atoms with Crippen molar-refractivity contribution >= 4 is 40.2 Å². The van der Waals surface area contributed by atoms with Crippen LogP contribution in [0.2, 0.25) is 5.02 Å². The highest BCUT2D eigenvalue weighted by atomic mass is 35.5. The molecule has 0 bridgehead atoms. The molecule has 2 saturated heterocycles. The molecule has 0 saturated carbocycles. The van der Waals surface area contributed by atoms with Crippen LogP contribution < -0.4 is 20.0 Å². The Morgan fingerprint density at radius 3 is 2.74 bits per heavy atom. The second kappa shape index (κ2) is 11.5. The van der Waals surface area contributed by atoms with Crippen molar-refractivity contribution in [2.45, 2.75) is 24.9 Å². The number of halogens is 1. The maximum Gasteiger partial charge on any atom is 0.341 e. The van der Waals surface area contributed by atoms with Gasteiger partial charge in [0.2, 0.25) is 11.3 Å². The Bertz CT molecular complexity index is 1800. The normalized spacial score (nSPS) is 16.9. The van der Waals surface area contributed by atoms with E-state index in [2.05, 4.69) is 25.8 Å². The average molecular weight is 601 g/mol. The molecule has 13 heteroatoms. The molecule has 0 aromatic carbocycles. The van der Waals surface area contributed by atoms with Gasteiger partial charge in [0.15, 0.2) is 5.65 Å². The van der Waals surface area contributed by atoms with Crippen LogP contribution in [0.25, 0.3) is 16.7 Å². The molecule has 0 unspecified atom stereocenters. The molecule has 12 nitrogen and oxygen atoms in total. The molecule has 0 aliphatic carbocycles. The lowest BCUT2D eigenvalue weighted by Crippen LogP contribution is -2.57. The highest BCUT2D eigenvalue weighted by Crippen LogP contribution is 2.31. The van der Waals surface area contributed by atoms with Crippen molar-refractivity contribution in [3.63, 3.8) is 0 Å². The van der Waals surface area contributed by atoms with Crippen molar-refractivity contribution < 1.29 is 14.6 Å². The number of pyridine rings is 4. The second-order valence-corrected chi connectivity index (χ2v) is 11.3. The van der Waals surface area contributed by atoms with E-state index in [1.807, 2.05) is 31.1 Å². The van der Waals surface area contributed by atoms with E-state index in [0.29, 0.717) is 35.0 Å². The largest absolute Gasteiger partial charge is 0.477 e. The van der Waals surface area contributed by atoms with E-state index in [0.717, 1.165) is 31.7 Å². The summed E-state index contributed by atoms with van der Waals surface area (Å²) in [7, 11) is 4.10. The zero-order valence-electron chi connectivity index (χ0n) is 23.6. The van der Waals surface area contributed by atoms with Crippen LogP contribution >= 0.6 is 11.6 Å². The number of carboxylic acids is 1. The number of carboxylic acid groups (broad SMARTS) is 1. The third-order valence-corrected chi connectivity index (χ3v) is 8.31. The van der Waals surface area contributed by atoms with Gasteiger partial charge in [-0.1, -0.05) is 11.6 Å². The molecule has 4 aromatic rings. The van der Waals surface area contributed by atoms with Crippen LogP contribution in [0.4, 0.5) is 11.6 Å². The van der Waals surface area contributed by atoms with E-state index in [4.69, 9.17) is 21.3 Å². The van der Waals surface area contributed by atoms with Gasteiger partial charge in [-0.05, 0) is 57.3 Å². The Hall–Kier alpha value is -4.73. The first-order chi connectivity index (χ1) is 20.7. The molecule has 2 fully saturated rings. The molecule has 6 heterocycles. The van der Waals surface area contributed by atoms with Crippen LogP contribution in [-0.4, -0.2) is 87.9 Å². The van der Waals surface area contributed by atoms with Gasteiger partial charge in [0.25, 0.3) is 0 Å². The Morgan fingerprint density at radius 2 is 2.07 bits per heavy atom. The number of likely N-dealkylation sites (N-methyl/N-ethyl adjacent to an activating group) is 1. The van der Waals surface area contributed by atoms with Gasteiger partial charge in [-0.3, -0.25) is 9.36 Å². The Labute approximate surface area is 252 Å². The van der Waals surface area contributed by atoms with E-state index in [9.17, 15) is 20.0 Å². The minimum Gasteiger partial charge on any atom is -0.477 e. The summed E-state index contributed by atoms with van der Waals surface area (Å²) in [5.74, 6) is 0.154. The fourth-order valence-corrected chi connectivity index (χ4v) is 5.68. The van der Waals surface area contributed by atoms with E-state index in [-0.39, 0.29) is 29.2 Å². The molecule has 43 heavy (non-hydrogen) atoms. The quantitative estimate of drug-likeness (QED) is 0.319. The number of nitrogens with zero attached hydrogens (tertiary/aromatic N) is 8. The summed E-state index contributed by atoms with van der Waals surface area (Å²) in [6.45, 7) is 2.61. The van der Waals surface area contributed by atoms with Crippen molar-refractivity contribution in [3.05, 3.63) is 75.3 Å². The summed E-state index contributed by atoms with van der Waals surface area (Å²) >= 11 is 6.22. The molecule has 2 aliphatic rings. The van der Waals surface area contributed by atoms with E-state index < -0.39 is 17.0 Å². The fourth-order valence-electron chi connectivity index (χ4n) is 5.51. The van der Waals surface area contributed by atoms with Crippen molar-refractivity contribution in [3.8, 4) is 17.6 Å². The zero-order chi connectivity index (χ0) is 30.2. The number of ether oxygens (including phenoxy) is 1. The number of nitriles is 1. The lowest BCUT2D eigenvalue weighted by Gasteiger charge is -2.43. The van der Waals surface area contributed by atoms with Gasteiger partial charge in [0.05, 0.1) is 28.9 Å². The SMILES string of the molecule is CN(C)C1CN(c2ccc(-n3cc(C(=O)O)c(=O)c4cc(C#N)c(N5CCC[C@@H]5COc5ncccc5Cl)nc43)cn2)C1. The van der Waals surface area contributed by atoms with Gasteiger partial charge in [-0.2, -0.15) is 5.26 Å². The molecule has 6 rings (SSSR count). The molecule has 220 valence electrons. The Balaban J connectivity index is 1.39. The van der Waals surface area contributed by atoms with Crippen LogP contribution in [0, 0.1) is 11.3 Å². The van der Waals surface area contributed by atoms with Crippen molar-refractivity contribution in [1.29, 1.82) is 5.26 Å². The van der Waals surface area contributed by atoms with Crippen molar-refractivity contribution in [2.75, 3.05) is 50.1 Å². The lowest BCUT2D eigenvalue weighted by molar-refractivity contribution is 0.0695. The minimum absolute atomic E-state index is 0.0353. The van der Waals surface area contributed by atoms with Crippen molar-refractivity contribution in [2.24, 2.45) is 0 Å². The van der Waals surface area contributed by atoms with Crippen LogP contribution in [0.5, 0.6) is 5.88 Å². The van der Waals surface area contributed by atoms with Gasteiger partial charge >= 0.3 is 5.97 Å². The molecule has 1 N–H and O–H groups in total. The number of carbonyl (C=O) groups is 1. The predicted molar refractivity (Wildman–Crippen MR) is 162 cm³/mol. The van der Waals surface area contributed by atoms with Crippen molar-refractivity contribution in [1.82, 2.24) is 24.4 Å². The van der Waals surface area contributed by atoms with Gasteiger partial charge in [-0.15, -0.1) is 0 Å². The average Bonchev–Trinajstić information content (AvgIpc) is 3.44. The molecule has 0 amide bonds. The first-order valence-electron chi connectivity index (χ1n) is 13.9. The summed E-state index contributed by atoms with van der Waals surface area (Å²) in [6, 6.07) is 11.0. The fraction of sp³-hybridized carbons (Fsp3) is 0.333. The van der Waals surface area contributed by atoms with Crippen LogP contribution in [-0.2, 0) is 0 Å². The number of rotatable bonds is 8. The number of anilines is 2. The highest BCUT2D eigenvalue weighted by molar-refractivity contribution is 6.31. The Morgan fingerprint density at radius 1 is 1.26 bits per heavy atom. The number of fused-ring (bicyclic) bond motifs is 1. The van der Waals surface area contributed by atoms with E-state index in [1.165, 1.54) is 12.3 Å².